The average Bonchev–Trinajstić information content (AvgIpc) is 2.76. The Hall–Kier alpha value is -1.36. The highest BCUT2D eigenvalue weighted by Crippen LogP contribution is 2.19. The Morgan fingerprint density at radius 1 is 1.65 bits per heavy atom. The third-order valence-electron chi connectivity index (χ3n) is 3.07. The normalized spacial score (nSPS) is 14.7. The molecular formula is C12H21N3O2. The summed E-state index contributed by atoms with van der Waals surface area (Å²) in [5, 5.41) is 9.69. The van der Waals surface area contributed by atoms with E-state index >= 15 is 0 Å². The fourth-order valence-corrected chi connectivity index (χ4v) is 1.34. The first kappa shape index (κ1) is 13.7. The number of hydrogen-bond donors (Lipinski definition) is 2. The highest BCUT2D eigenvalue weighted by molar-refractivity contribution is 5.96. The molecule has 1 aromatic rings. The fraction of sp³-hybridized carbons (Fsp3) is 0.667. The van der Waals surface area contributed by atoms with E-state index in [9.17, 15) is 4.79 Å². The van der Waals surface area contributed by atoms with Crippen LogP contribution in [0.3, 0.4) is 0 Å². The van der Waals surface area contributed by atoms with Crippen LogP contribution in [0, 0.1) is 0 Å². The van der Waals surface area contributed by atoms with Crippen LogP contribution in [0.2, 0.25) is 0 Å². The summed E-state index contributed by atoms with van der Waals surface area (Å²) in [6.07, 6.45) is 0.608. The Balaban J connectivity index is 2.74. The van der Waals surface area contributed by atoms with Crippen LogP contribution in [-0.2, 0) is 9.53 Å². The highest BCUT2D eigenvalue weighted by Gasteiger charge is 2.31. The number of anilines is 1. The molecule has 0 aromatic carbocycles. The number of aromatic nitrogens is 2. The molecule has 0 saturated heterocycles. The van der Waals surface area contributed by atoms with Crippen LogP contribution in [0.1, 0.15) is 45.7 Å². The number of hydrogen-bond acceptors (Lipinski definition) is 3. The second-order valence-electron chi connectivity index (χ2n) is 4.61. The average molecular weight is 239 g/mol. The number of aromatic amines is 1. The fourth-order valence-electron chi connectivity index (χ4n) is 1.34. The molecular weight excluding hydrogens is 218 g/mol. The van der Waals surface area contributed by atoms with Gasteiger partial charge in [-0.05, 0) is 19.3 Å². The summed E-state index contributed by atoms with van der Waals surface area (Å²) in [4.78, 5) is 12.0. The Kier molecular flexibility index (Phi) is 4.28. The van der Waals surface area contributed by atoms with Crippen LogP contribution in [0.4, 0.5) is 5.82 Å². The predicted octanol–water partition coefficient (Wildman–Crippen LogP) is 2.29. The molecule has 1 aromatic heterocycles. The van der Waals surface area contributed by atoms with Crippen molar-refractivity contribution in [3.8, 4) is 0 Å². The molecule has 1 heterocycles. The minimum atomic E-state index is -0.809. The number of carbonyl (C=O) groups is 1. The van der Waals surface area contributed by atoms with Gasteiger partial charge >= 0.3 is 0 Å². The molecule has 0 bridgehead atoms. The molecule has 96 valence electrons. The number of H-pyrrole nitrogens is 1. The highest BCUT2D eigenvalue weighted by atomic mass is 16.5. The van der Waals surface area contributed by atoms with Crippen molar-refractivity contribution >= 4 is 11.7 Å². The first-order valence-electron chi connectivity index (χ1n) is 5.85. The van der Waals surface area contributed by atoms with Gasteiger partial charge < -0.3 is 10.1 Å². The molecule has 0 fully saturated rings. The van der Waals surface area contributed by atoms with Gasteiger partial charge in [0.1, 0.15) is 5.60 Å². The third kappa shape index (κ3) is 3.06. The van der Waals surface area contributed by atoms with Gasteiger partial charge in [-0.2, -0.15) is 5.10 Å². The molecule has 0 aliphatic carbocycles. The Labute approximate surface area is 102 Å². The van der Waals surface area contributed by atoms with Crippen molar-refractivity contribution in [1.29, 1.82) is 0 Å². The van der Waals surface area contributed by atoms with Crippen LogP contribution in [0.15, 0.2) is 6.07 Å². The van der Waals surface area contributed by atoms with Gasteiger partial charge in [0.15, 0.2) is 5.82 Å². The molecule has 1 unspecified atom stereocenters. The maximum Gasteiger partial charge on any atom is 0.257 e. The summed E-state index contributed by atoms with van der Waals surface area (Å²) in [5.74, 6) is 0.716. The first-order chi connectivity index (χ1) is 7.92. The maximum absolute atomic E-state index is 12.0. The lowest BCUT2D eigenvalue weighted by Crippen LogP contribution is -2.41. The van der Waals surface area contributed by atoms with Gasteiger partial charge in [0, 0.05) is 18.9 Å². The lowest BCUT2D eigenvalue weighted by Gasteiger charge is -2.24. The van der Waals surface area contributed by atoms with Crippen molar-refractivity contribution in [2.24, 2.45) is 0 Å². The molecule has 0 aliphatic heterocycles. The maximum atomic E-state index is 12.0. The quantitative estimate of drug-likeness (QED) is 0.828. The number of rotatable bonds is 5. The molecule has 0 saturated carbocycles. The van der Waals surface area contributed by atoms with Gasteiger partial charge in [-0.1, -0.05) is 20.8 Å². The number of methoxy groups -OCH3 is 1. The summed E-state index contributed by atoms with van der Waals surface area (Å²) in [5.41, 5.74) is 0.188. The molecule has 0 aliphatic rings. The molecule has 5 heteroatoms. The molecule has 17 heavy (non-hydrogen) atoms. The Morgan fingerprint density at radius 3 is 2.71 bits per heavy atom. The van der Waals surface area contributed by atoms with E-state index in [0.29, 0.717) is 18.2 Å². The van der Waals surface area contributed by atoms with Crippen molar-refractivity contribution < 1.29 is 9.53 Å². The van der Waals surface area contributed by atoms with Crippen molar-refractivity contribution in [2.75, 3.05) is 12.4 Å². The van der Waals surface area contributed by atoms with Gasteiger partial charge in [-0.3, -0.25) is 9.89 Å². The standard InChI is InChI=1S/C12H21N3O2/c1-6-12(4,17-5)11(16)13-10-7-9(8(2)3)14-15-10/h7-8H,6H2,1-5H3,(H2,13,14,15,16). The summed E-state index contributed by atoms with van der Waals surface area (Å²) in [7, 11) is 1.53. The second kappa shape index (κ2) is 5.31. The van der Waals surface area contributed by atoms with Crippen molar-refractivity contribution in [2.45, 2.75) is 45.6 Å². The lowest BCUT2D eigenvalue weighted by atomic mass is 10.0. The van der Waals surface area contributed by atoms with Gasteiger partial charge in [-0.15, -0.1) is 0 Å². The molecule has 1 atom stereocenters. The topological polar surface area (TPSA) is 67.0 Å². The van der Waals surface area contributed by atoms with Gasteiger partial charge in [-0.25, -0.2) is 0 Å². The lowest BCUT2D eigenvalue weighted by molar-refractivity contribution is -0.136. The smallest absolute Gasteiger partial charge is 0.257 e. The van der Waals surface area contributed by atoms with Crippen molar-refractivity contribution in [1.82, 2.24) is 10.2 Å². The minimum Gasteiger partial charge on any atom is -0.369 e. The summed E-state index contributed by atoms with van der Waals surface area (Å²) in [6.45, 7) is 7.79. The monoisotopic (exact) mass is 239 g/mol. The van der Waals surface area contributed by atoms with Crippen LogP contribution >= 0.6 is 0 Å². The number of amides is 1. The molecule has 1 amide bonds. The van der Waals surface area contributed by atoms with E-state index in [1.54, 1.807) is 6.92 Å². The SMILES string of the molecule is CCC(C)(OC)C(=O)Nc1cc(C(C)C)[nH]n1. The van der Waals surface area contributed by atoms with E-state index in [4.69, 9.17) is 4.74 Å². The van der Waals surface area contributed by atoms with Gasteiger partial charge in [0.25, 0.3) is 5.91 Å². The summed E-state index contributed by atoms with van der Waals surface area (Å²) < 4.78 is 5.23. The molecule has 0 radical (unpaired) electrons. The second-order valence-corrected chi connectivity index (χ2v) is 4.61. The van der Waals surface area contributed by atoms with Gasteiger partial charge in [0.2, 0.25) is 0 Å². The number of ether oxygens (including phenoxy) is 1. The van der Waals surface area contributed by atoms with E-state index in [0.717, 1.165) is 5.69 Å². The predicted molar refractivity (Wildman–Crippen MR) is 67.0 cm³/mol. The zero-order valence-corrected chi connectivity index (χ0v) is 11.1. The van der Waals surface area contributed by atoms with E-state index in [1.165, 1.54) is 7.11 Å². The van der Waals surface area contributed by atoms with Crippen LogP contribution < -0.4 is 5.32 Å². The Bertz CT molecular complexity index is 381. The molecule has 1 rings (SSSR count). The zero-order chi connectivity index (χ0) is 13.1. The molecule has 5 nitrogen and oxygen atoms in total. The van der Waals surface area contributed by atoms with E-state index in [-0.39, 0.29) is 5.91 Å². The Morgan fingerprint density at radius 2 is 2.29 bits per heavy atom. The van der Waals surface area contributed by atoms with Crippen LogP contribution in [-0.4, -0.2) is 28.8 Å². The van der Waals surface area contributed by atoms with E-state index in [2.05, 4.69) is 29.4 Å². The van der Waals surface area contributed by atoms with Crippen molar-refractivity contribution in [3.05, 3.63) is 11.8 Å². The molecule has 2 N–H and O–H groups in total. The van der Waals surface area contributed by atoms with Crippen LogP contribution in [0.5, 0.6) is 0 Å². The molecule has 0 spiro atoms. The largest absolute Gasteiger partial charge is 0.369 e. The number of nitrogens with one attached hydrogen (secondary N) is 2. The van der Waals surface area contributed by atoms with E-state index in [1.807, 2.05) is 13.0 Å². The van der Waals surface area contributed by atoms with Gasteiger partial charge in [0.05, 0.1) is 0 Å². The minimum absolute atomic E-state index is 0.177. The first-order valence-corrected chi connectivity index (χ1v) is 5.85. The van der Waals surface area contributed by atoms with E-state index < -0.39 is 5.60 Å². The zero-order valence-electron chi connectivity index (χ0n) is 11.1. The summed E-state index contributed by atoms with van der Waals surface area (Å²) >= 11 is 0. The summed E-state index contributed by atoms with van der Waals surface area (Å²) in [6, 6.07) is 1.84. The number of carbonyl (C=O) groups excluding carboxylic acids is 1. The van der Waals surface area contributed by atoms with Crippen molar-refractivity contribution in [3.63, 3.8) is 0 Å². The number of nitrogens with zero attached hydrogens (tertiary/aromatic N) is 1. The third-order valence-corrected chi connectivity index (χ3v) is 3.07. The van der Waals surface area contributed by atoms with Crippen LogP contribution in [0.25, 0.3) is 0 Å².